The summed E-state index contributed by atoms with van der Waals surface area (Å²) in [6.45, 7) is 0. The normalized spacial score (nSPS) is 9.59. The van der Waals surface area contributed by atoms with Crippen LogP contribution in [0, 0.1) is 21.4 Å². The third kappa shape index (κ3) is 2.41. The van der Waals surface area contributed by atoms with Gasteiger partial charge in [-0.1, -0.05) is 0 Å². The van der Waals surface area contributed by atoms with Crippen LogP contribution in [0.25, 0.3) is 0 Å². The number of nitro groups is 1. The fourth-order valence-corrected chi connectivity index (χ4v) is 1.93. The van der Waals surface area contributed by atoms with Gasteiger partial charge in [0.2, 0.25) is 0 Å². The minimum Gasteiger partial charge on any atom is -0.354 e. The first-order valence-corrected chi connectivity index (χ1v) is 5.63. The van der Waals surface area contributed by atoms with E-state index in [1.807, 2.05) is 22.9 Å². The molecule has 0 spiro atoms. The molecular weight excluding hydrogens is 238 g/mol. The maximum Gasteiger partial charge on any atom is 0.270 e. The summed E-state index contributed by atoms with van der Waals surface area (Å²) in [5.74, 6) is 0. The lowest BCUT2D eigenvalue weighted by molar-refractivity contribution is -0.384. The molecule has 0 atom stereocenters. The van der Waals surface area contributed by atoms with Gasteiger partial charge in [-0.15, -0.1) is 0 Å². The van der Waals surface area contributed by atoms with E-state index in [1.165, 1.54) is 29.5 Å². The largest absolute Gasteiger partial charge is 0.354 e. The topological polar surface area (TPSA) is 79.0 Å². The molecule has 84 valence electrons. The van der Waals surface area contributed by atoms with Crippen LogP contribution in [0.15, 0.2) is 35.0 Å². The number of nitrogens with one attached hydrogen (secondary N) is 1. The van der Waals surface area contributed by atoms with Crippen LogP contribution in [0.5, 0.6) is 0 Å². The van der Waals surface area contributed by atoms with Crippen molar-refractivity contribution in [2.75, 3.05) is 5.32 Å². The molecular formula is C11H7N3O2S. The summed E-state index contributed by atoms with van der Waals surface area (Å²) in [7, 11) is 0. The number of non-ortho nitro benzene ring substituents is 1. The molecule has 0 amide bonds. The maximum atomic E-state index is 10.6. The van der Waals surface area contributed by atoms with Gasteiger partial charge in [0.1, 0.15) is 6.07 Å². The van der Waals surface area contributed by atoms with E-state index in [-0.39, 0.29) is 11.3 Å². The lowest BCUT2D eigenvalue weighted by Gasteiger charge is -2.05. The Kier molecular flexibility index (Phi) is 3.03. The van der Waals surface area contributed by atoms with E-state index in [9.17, 15) is 10.1 Å². The van der Waals surface area contributed by atoms with Crippen LogP contribution in [0.2, 0.25) is 0 Å². The second-order valence-electron chi connectivity index (χ2n) is 3.24. The average molecular weight is 245 g/mol. The predicted octanol–water partition coefficient (Wildman–Crippen LogP) is 3.27. The van der Waals surface area contributed by atoms with E-state index in [0.29, 0.717) is 5.69 Å². The lowest BCUT2D eigenvalue weighted by atomic mass is 10.1. The lowest BCUT2D eigenvalue weighted by Crippen LogP contribution is -1.94. The molecule has 1 aromatic heterocycles. The molecule has 0 bridgehead atoms. The molecule has 0 saturated heterocycles. The third-order valence-corrected chi connectivity index (χ3v) is 2.82. The second-order valence-corrected chi connectivity index (χ2v) is 4.02. The quantitative estimate of drug-likeness (QED) is 0.664. The first-order valence-electron chi connectivity index (χ1n) is 4.68. The van der Waals surface area contributed by atoms with Gasteiger partial charge in [0, 0.05) is 23.2 Å². The molecule has 1 heterocycles. The van der Waals surface area contributed by atoms with Crippen LogP contribution < -0.4 is 5.32 Å². The third-order valence-electron chi connectivity index (χ3n) is 2.13. The highest BCUT2D eigenvalue weighted by atomic mass is 32.1. The zero-order valence-electron chi connectivity index (χ0n) is 8.58. The Bertz CT molecular complexity index is 587. The predicted molar refractivity (Wildman–Crippen MR) is 65.4 cm³/mol. The summed E-state index contributed by atoms with van der Waals surface area (Å²) in [5.41, 5.74) is 1.60. The average Bonchev–Trinajstić information content (AvgIpc) is 2.82. The molecule has 6 heteroatoms. The van der Waals surface area contributed by atoms with Crippen molar-refractivity contribution in [3.05, 3.63) is 50.7 Å². The molecule has 0 aliphatic carbocycles. The van der Waals surface area contributed by atoms with Crippen LogP contribution in [-0.2, 0) is 0 Å². The van der Waals surface area contributed by atoms with Gasteiger partial charge in [0.05, 0.1) is 16.2 Å². The Morgan fingerprint density at radius 1 is 1.41 bits per heavy atom. The molecule has 0 aliphatic heterocycles. The Morgan fingerprint density at radius 3 is 2.82 bits per heavy atom. The van der Waals surface area contributed by atoms with Crippen molar-refractivity contribution in [1.29, 1.82) is 5.26 Å². The van der Waals surface area contributed by atoms with E-state index < -0.39 is 4.92 Å². The minimum atomic E-state index is -0.519. The van der Waals surface area contributed by atoms with Crippen molar-refractivity contribution in [2.45, 2.75) is 0 Å². The number of thiophene rings is 1. The van der Waals surface area contributed by atoms with Gasteiger partial charge < -0.3 is 5.32 Å². The number of anilines is 2. The van der Waals surface area contributed by atoms with Crippen LogP contribution >= 0.6 is 11.3 Å². The van der Waals surface area contributed by atoms with Crippen LogP contribution in [0.4, 0.5) is 17.1 Å². The van der Waals surface area contributed by atoms with Crippen molar-refractivity contribution in [3.63, 3.8) is 0 Å². The molecule has 1 aromatic carbocycles. The van der Waals surface area contributed by atoms with Crippen molar-refractivity contribution in [1.82, 2.24) is 0 Å². The van der Waals surface area contributed by atoms with Crippen molar-refractivity contribution in [3.8, 4) is 6.07 Å². The number of hydrogen-bond acceptors (Lipinski definition) is 5. The van der Waals surface area contributed by atoms with E-state index >= 15 is 0 Å². The molecule has 0 saturated carbocycles. The van der Waals surface area contributed by atoms with E-state index in [1.54, 1.807) is 0 Å². The highest BCUT2D eigenvalue weighted by Gasteiger charge is 2.10. The monoisotopic (exact) mass is 245 g/mol. The van der Waals surface area contributed by atoms with Crippen molar-refractivity contribution < 1.29 is 4.92 Å². The van der Waals surface area contributed by atoms with Crippen molar-refractivity contribution in [2.24, 2.45) is 0 Å². The Morgan fingerprint density at radius 2 is 2.24 bits per heavy atom. The number of nitriles is 1. The summed E-state index contributed by atoms with van der Waals surface area (Å²) in [6, 6.07) is 7.97. The second kappa shape index (κ2) is 4.63. The van der Waals surface area contributed by atoms with Crippen LogP contribution in [-0.4, -0.2) is 4.92 Å². The Balaban J connectivity index is 2.35. The zero-order valence-corrected chi connectivity index (χ0v) is 9.40. The molecule has 1 N–H and O–H groups in total. The van der Waals surface area contributed by atoms with Gasteiger partial charge in [-0.05, 0) is 17.5 Å². The van der Waals surface area contributed by atoms with E-state index in [2.05, 4.69) is 5.32 Å². The van der Waals surface area contributed by atoms with Crippen molar-refractivity contribution >= 4 is 28.4 Å². The number of hydrogen-bond donors (Lipinski definition) is 1. The van der Waals surface area contributed by atoms with E-state index in [4.69, 9.17) is 5.26 Å². The number of rotatable bonds is 3. The molecule has 0 unspecified atom stereocenters. The SMILES string of the molecule is N#Cc1cc([N+](=O)[O-])ccc1Nc1ccsc1. The maximum absolute atomic E-state index is 10.6. The van der Waals surface area contributed by atoms with E-state index in [0.717, 1.165) is 5.69 Å². The summed E-state index contributed by atoms with van der Waals surface area (Å²) >= 11 is 1.53. The van der Waals surface area contributed by atoms with Gasteiger partial charge in [-0.3, -0.25) is 10.1 Å². The summed E-state index contributed by atoms with van der Waals surface area (Å²) in [5, 5.41) is 26.3. The van der Waals surface area contributed by atoms with Gasteiger partial charge in [0.15, 0.2) is 0 Å². The smallest absolute Gasteiger partial charge is 0.270 e. The molecule has 2 aromatic rings. The fourth-order valence-electron chi connectivity index (χ4n) is 1.34. The van der Waals surface area contributed by atoms with Gasteiger partial charge >= 0.3 is 0 Å². The number of nitro benzene ring substituents is 1. The molecule has 0 aliphatic rings. The first kappa shape index (κ1) is 11.1. The summed E-state index contributed by atoms with van der Waals surface area (Å²) in [4.78, 5) is 10.1. The fraction of sp³-hybridized carbons (Fsp3) is 0. The van der Waals surface area contributed by atoms with Gasteiger partial charge in [0.25, 0.3) is 5.69 Å². The van der Waals surface area contributed by atoms with Gasteiger partial charge in [-0.2, -0.15) is 16.6 Å². The molecule has 0 radical (unpaired) electrons. The molecule has 0 fully saturated rings. The Hall–Kier alpha value is -2.39. The van der Waals surface area contributed by atoms with Crippen LogP contribution in [0.1, 0.15) is 5.56 Å². The number of benzene rings is 1. The summed E-state index contributed by atoms with van der Waals surface area (Å²) in [6.07, 6.45) is 0. The van der Waals surface area contributed by atoms with Crippen LogP contribution in [0.3, 0.4) is 0 Å². The van der Waals surface area contributed by atoms with Gasteiger partial charge in [-0.25, -0.2) is 0 Å². The minimum absolute atomic E-state index is 0.0857. The highest BCUT2D eigenvalue weighted by molar-refractivity contribution is 7.08. The number of nitrogens with zero attached hydrogens (tertiary/aromatic N) is 2. The molecule has 2 rings (SSSR count). The summed E-state index contributed by atoms with van der Waals surface area (Å²) < 4.78 is 0. The zero-order chi connectivity index (χ0) is 12.3. The highest BCUT2D eigenvalue weighted by Crippen LogP contribution is 2.25. The first-order chi connectivity index (χ1) is 8.20. The molecule has 17 heavy (non-hydrogen) atoms. The molecule has 5 nitrogen and oxygen atoms in total. The Labute approximate surface area is 101 Å². The standard InChI is InChI=1S/C11H7N3O2S/c12-6-8-5-10(14(15)16)1-2-11(8)13-9-3-4-17-7-9/h1-5,7,13H.